The number of nitrogens with zero attached hydrogens (tertiary/aromatic N) is 2. The summed E-state index contributed by atoms with van der Waals surface area (Å²) in [5, 5.41) is 14.5. The van der Waals surface area contributed by atoms with E-state index in [1.165, 1.54) is 12.1 Å². The van der Waals surface area contributed by atoms with Crippen LogP contribution in [0.2, 0.25) is 0 Å². The first kappa shape index (κ1) is 17.1. The van der Waals surface area contributed by atoms with Crippen LogP contribution in [0.1, 0.15) is 19.4 Å². The molecule has 2 rings (SSSR count). The Morgan fingerprint density at radius 1 is 1.17 bits per heavy atom. The van der Waals surface area contributed by atoms with Crippen LogP contribution in [-0.2, 0) is 9.57 Å². The summed E-state index contributed by atoms with van der Waals surface area (Å²) >= 11 is 0. The molecule has 0 atom stereocenters. The minimum atomic E-state index is -0.871. The number of hydrogen-bond acceptors (Lipinski definition) is 6. The molecule has 0 aliphatic carbocycles. The van der Waals surface area contributed by atoms with Crippen molar-refractivity contribution < 1.29 is 19.3 Å². The zero-order valence-corrected chi connectivity index (χ0v) is 13.3. The predicted octanol–water partition coefficient (Wildman–Crippen LogP) is 4.16. The van der Waals surface area contributed by atoms with Gasteiger partial charge in [0.2, 0.25) is 0 Å². The summed E-state index contributed by atoms with van der Waals surface area (Å²) in [4.78, 5) is 26.2. The Hall–Kier alpha value is -3.22. The third-order valence-corrected chi connectivity index (χ3v) is 3.23. The number of nitro groups is 1. The third-order valence-electron chi connectivity index (χ3n) is 3.23. The molecule has 7 heteroatoms. The Morgan fingerprint density at radius 3 is 2.46 bits per heavy atom. The molecule has 0 heterocycles. The Labute approximate surface area is 138 Å². The molecule has 0 amide bonds. The third kappa shape index (κ3) is 4.16. The maximum absolute atomic E-state index is 11.2. The van der Waals surface area contributed by atoms with E-state index in [-0.39, 0.29) is 12.3 Å². The lowest BCUT2D eigenvalue weighted by molar-refractivity contribution is -0.384. The first-order chi connectivity index (χ1) is 11.5. The van der Waals surface area contributed by atoms with Gasteiger partial charge < -0.3 is 4.74 Å². The molecule has 0 aromatic heterocycles. The van der Waals surface area contributed by atoms with Crippen LogP contribution in [0.4, 0.5) is 10.5 Å². The normalized spacial score (nSPS) is 11.0. The van der Waals surface area contributed by atoms with Crippen molar-refractivity contribution in [1.29, 1.82) is 0 Å². The first-order valence-corrected chi connectivity index (χ1v) is 7.25. The van der Waals surface area contributed by atoms with Gasteiger partial charge in [0.15, 0.2) is 0 Å². The summed E-state index contributed by atoms with van der Waals surface area (Å²) in [6.45, 7) is 3.57. The molecule has 0 spiro atoms. The van der Waals surface area contributed by atoms with E-state index in [4.69, 9.17) is 0 Å². The van der Waals surface area contributed by atoms with Gasteiger partial charge in [0.25, 0.3) is 5.69 Å². The predicted molar refractivity (Wildman–Crippen MR) is 88.9 cm³/mol. The van der Waals surface area contributed by atoms with E-state index in [0.29, 0.717) is 5.71 Å². The lowest BCUT2D eigenvalue weighted by atomic mass is 9.97. The molecule has 24 heavy (non-hydrogen) atoms. The van der Waals surface area contributed by atoms with Crippen LogP contribution in [0, 0.1) is 10.1 Å². The van der Waals surface area contributed by atoms with Gasteiger partial charge in [-0.25, -0.2) is 4.79 Å². The lowest BCUT2D eigenvalue weighted by Gasteiger charge is -2.09. The molecule has 7 nitrogen and oxygen atoms in total. The number of non-ortho nitro benzene ring substituents is 1. The fourth-order valence-electron chi connectivity index (χ4n) is 2.11. The van der Waals surface area contributed by atoms with Gasteiger partial charge in [-0.3, -0.25) is 15.0 Å². The van der Waals surface area contributed by atoms with Crippen LogP contribution in [0.25, 0.3) is 11.1 Å². The van der Waals surface area contributed by atoms with Gasteiger partial charge in [-0.15, -0.1) is 0 Å². The summed E-state index contributed by atoms with van der Waals surface area (Å²) in [5.41, 5.74) is 2.86. The van der Waals surface area contributed by atoms with Crippen molar-refractivity contribution in [3.63, 3.8) is 0 Å². The second kappa shape index (κ2) is 7.87. The molecule has 0 aliphatic rings. The summed E-state index contributed by atoms with van der Waals surface area (Å²) in [7, 11) is 0. The summed E-state index contributed by atoms with van der Waals surface area (Å²) in [6.07, 6.45) is -0.871. The molecule has 0 aliphatic heterocycles. The molecular formula is C17H16N2O5. The van der Waals surface area contributed by atoms with Crippen molar-refractivity contribution in [2.75, 3.05) is 6.61 Å². The van der Waals surface area contributed by atoms with Gasteiger partial charge >= 0.3 is 6.16 Å². The van der Waals surface area contributed by atoms with Gasteiger partial charge in [0.1, 0.15) is 0 Å². The van der Waals surface area contributed by atoms with Crippen molar-refractivity contribution in [2.24, 2.45) is 5.16 Å². The molecule has 0 fully saturated rings. The zero-order chi connectivity index (χ0) is 17.5. The van der Waals surface area contributed by atoms with Gasteiger partial charge in [0.05, 0.1) is 17.2 Å². The van der Waals surface area contributed by atoms with Crippen LogP contribution in [0.15, 0.2) is 53.7 Å². The van der Waals surface area contributed by atoms with Crippen LogP contribution < -0.4 is 0 Å². The molecule has 2 aromatic carbocycles. The second-order valence-corrected chi connectivity index (χ2v) is 4.80. The summed E-state index contributed by atoms with van der Waals surface area (Å²) in [5.74, 6) is 0. The largest absolute Gasteiger partial charge is 0.535 e. The molecule has 0 saturated carbocycles. The van der Waals surface area contributed by atoms with Crippen molar-refractivity contribution in [1.82, 2.24) is 0 Å². The number of ether oxygens (including phenoxy) is 1. The number of nitro benzene ring substituents is 1. The van der Waals surface area contributed by atoms with E-state index in [9.17, 15) is 14.9 Å². The molecular weight excluding hydrogens is 312 g/mol. The number of oxime groups is 1. The topological polar surface area (TPSA) is 91.0 Å². The molecule has 0 saturated heterocycles. The van der Waals surface area contributed by atoms with Crippen molar-refractivity contribution in [2.45, 2.75) is 13.8 Å². The van der Waals surface area contributed by atoms with Crippen LogP contribution in [0.3, 0.4) is 0 Å². The van der Waals surface area contributed by atoms with Gasteiger partial charge in [0, 0.05) is 17.7 Å². The highest BCUT2D eigenvalue weighted by molar-refractivity contribution is 6.04. The van der Waals surface area contributed by atoms with Crippen molar-refractivity contribution in [3.05, 3.63) is 64.2 Å². The minimum absolute atomic E-state index is 0.0206. The number of carbonyl (C=O) groups is 1. The highest BCUT2D eigenvalue weighted by Gasteiger charge is 2.11. The SMILES string of the molecule is CCOC(=O)O/N=C(\C)c1ccccc1-c1ccc([N+](=O)[O-])cc1. The molecule has 0 N–H and O–H groups in total. The van der Waals surface area contributed by atoms with Gasteiger partial charge in [-0.1, -0.05) is 29.4 Å². The molecule has 124 valence electrons. The average Bonchev–Trinajstić information content (AvgIpc) is 2.60. The summed E-state index contributed by atoms with van der Waals surface area (Å²) in [6, 6.07) is 13.6. The van der Waals surface area contributed by atoms with Gasteiger partial charge in [-0.05, 0) is 37.1 Å². The Morgan fingerprint density at radius 2 is 1.83 bits per heavy atom. The van der Waals surface area contributed by atoms with E-state index in [1.807, 2.05) is 24.3 Å². The van der Waals surface area contributed by atoms with Crippen LogP contribution in [0.5, 0.6) is 0 Å². The number of benzene rings is 2. The fourth-order valence-corrected chi connectivity index (χ4v) is 2.11. The Bertz CT molecular complexity index is 769. The second-order valence-electron chi connectivity index (χ2n) is 4.80. The van der Waals surface area contributed by atoms with Crippen LogP contribution in [-0.4, -0.2) is 23.4 Å². The standard InChI is InChI=1S/C17H16N2O5/c1-3-23-17(20)24-18-12(2)15-6-4-5-7-16(15)13-8-10-14(11-9-13)19(21)22/h4-11H,3H2,1-2H3/b18-12+. The van der Waals surface area contributed by atoms with E-state index >= 15 is 0 Å². The number of rotatable bonds is 5. The van der Waals surface area contributed by atoms with E-state index in [0.717, 1.165) is 16.7 Å². The fraction of sp³-hybridized carbons (Fsp3) is 0.176. The van der Waals surface area contributed by atoms with E-state index < -0.39 is 11.1 Å². The smallest absolute Gasteiger partial charge is 0.433 e. The van der Waals surface area contributed by atoms with Crippen molar-refractivity contribution >= 4 is 17.6 Å². The Kier molecular flexibility index (Phi) is 5.62. The number of hydrogen-bond donors (Lipinski definition) is 0. The lowest BCUT2D eigenvalue weighted by Crippen LogP contribution is -2.06. The maximum Gasteiger partial charge on any atom is 0.535 e. The first-order valence-electron chi connectivity index (χ1n) is 7.25. The van der Waals surface area contributed by atoms with E-state index in [2.05, 4.69) is 14.7 Å². The number of carbonyl (C=O) groups excluding carboxylic acids is 1. The highest BCUT2D eigenvalue weighted by atomic mass is 16.8. The average molecular weight is 328 g/mol. The molecule has 2 aromatic rings. The zero-order valence-electron chi connectivity index (χ0n) is 13.3. The van der Waals surface area contributed by atoms with E-state index in [1.54, 1.807) is 26.0 Å². The van der Waals surface area contributed by atoms with Gasteiger partial charge in [-0.2, -0.15) is 0 Å². The quantitative estimate of drug-likeness (QED) is 0.270. The monoisotopic (exact) mass is 328 g/mol. The van der Waals surface area contributed by atoms with Crippen molar-refractivity contribution in [3.8, 4) is 11.1 Å². The maximum atomic E-state index is 11.2. The Balaban J connectivity index is 2.31. The van der Waals surface area contributed by atoms with Crippen LogP contribution >= 0.6 is 0 Å². The summed E-state index contributed by atoms with van der Waals surface area (Å²) < 4.78 is 4.65. The molecule has 0 bridgehead atoms. The molecule has 0 unspecified atom stereocenters. The highest BCUT2D eigenvalue weighted by Crippen LogP contribution is 2.26. The minimum Gasteiger partial charge on any atom is -0.433 e. The molecule has 0 radical (unpaired) electrons.